The maximum atomic E-state index is 9.18. The van der Waals surface area contributed by atoms with Gasteiger partial charge in [-0.3, -0.25) is 0 Å². The van der Waals surface area contributed by atoms with E-state index in [4.69, 9.17) is 4.74 Å². The molecule has 0 radical (unpaired) electrons. The smallest absolute Gasteiger partial charge is 0.0731 e. The van der Waals surface area contributed by atoms with E-state index in [0.717, 1.165) is 6.42 Å². The maximum Gasteiger partial charge on any atom is 0.0731 e. The number of hydrogen-bond acceptors (Lipinski definition) is 3. The van der Waals surface area contributed by atoms with Crippen molar-refractivity contribution >= 4 is 0 Å². The van der Waals surface area contributed by atoms with Gasteiger partial charge in [0.1, 0.15) is 0 Å². The second-order valence-corrected chi connectivity index (χ2v) is 5.17. The fourth-order valence-corrected chi connectivity index (χ4v) is 2.13. The molecule has 0 aromatic carbocycles. The number of rotatable bonds is 4. The Balaban J connectivity index is 2.47. The molecule has 1 saturated carbocycles. The predicted molar refractivity (Wildman–Crippen MR) is 57.3 cm³/mol. The summed E-state index contributed by atoms with van der Waals surface area (Å²) in [5.41, 5.74) is 0.111. The molecule has 1 fully saturated rings. The Morgan fingerprint density at radius 2 is 2.07 bits per heavy atom. The summed E-state index contributed by atoms with van der Waals surface area (Å²) in [6, 6.07) is 0.446. The van der Waals surface area contributed by atoms with Crippen LogP contribution in [0.2, 0.25) is 0 Å². The van der Waals surface area contributed by atoms with E-state index < -0.39 is 0 Å². The van der Waals surface area contributed by atoms with Crippen molar-refractivity contribution in [3.05, 3.63) is 0 Å². The van der Waals surface area contributed by atoms with E-state index in [9.17, 15) is 5.11 Å². The fraction of sp³-hybridized carbons (Fsp3) is 1.00. The third-order valence-electron chi connectivity index (χ3n) is 3.94. The Morgan fingerprint density at radius 3 is 2.43 bits per heavy atom. The molecular weight excluding hydrogens is 178 g/mol. The zero-order chi connectivity index (χ0) is 11.0. The molecule has 2 unspecified atom stereocenters. The van der Waals surface area contributed by atoms with E-state index in [1.54, 1.807) is 14.0 Å². The van der Waals surface area contributed by atoms with Crippen LogP contribution in [-0.2, 0) is 4.74 Å². The Hall–Kier alpha value is -0.120. The quantitative estimate of drug-likeness (QED) is 0.717. The first kappa shape index (κ1) is 12.0. The lowest BCUT2D eigenvalue weighted by Gasteiger charge is -2.59. The molecule has 1 aliphatic rings. The summed E-state index contributed by atoms with van der Waals surface area (Å²) in [7, 11) is 1.77. The standard InChI is InChI=1S/C11H23NO2/c1-8(13)7-12-9-6-11(4,14-5)10(9,2)3/h8-9,12-13H,6-7H2,1-5H3/t8-,9?,11?/m0/s1. The monoisotopic (exact) mass is 201 g/mol. The van der Waals surface area contributed by atoms with Gasteiger partial charge in [-0.25, -0.2) is 0 Å². The van der Waals surface area contributed by atoms with Crippen LogP contribution in [0, 0.1) is 5.41 Å². The highest BCUT2D eigenvalue weighted by molar-refractivity contribution is 5.11. The number of aliphatic hydroxyl groups is 1. The first-order valence-corrected chi connectivity index (χ1v) is 5.30. The van der Waals surface area contributed by atoms with Crippen LogP contribution in [0.1, 0.15) is 34.1 Å². The van der Waals surface area contributed by atoms with Crippen molar-refractivity contribution in [3.63, 3.8) is 0 Å². The molecule has 2 N–H and O–H groups in total. The van der Waals surface area contributed by atoms with Crippen molar-refractivity contribution in [2.45, 2.75) is 51.9 Å². The second kappa shape index (κ2) is 3.80. The number of methoxy groups -OCH3 is 1. The summed E-state index contributed by atoms with van der Waals surface area (Å²) < 4.78 is 5.52. The van der Waals surface area contributed by atoms with Crippen LogP contribution in [-0.4, -0.2) is 36.5 Å². The summed E-state index contributed by atoms with van der Waals surface area (Å²) in [4.78, 5) is 0. The van der Waals surface area contributed by atoms with Gasteiger partial charge in [-0.1, -0.05) is 13.8 Å². The molecule has 1 rings (SSSR count). The van der Waals surface area contributed by atoms with Crippen molar-refractivity contribution in [2.75, 3.05) is 13.7 Å². The lowest BCUT2D eigenvalue weighted by Crippen LogP contribution is -2.68. The minimum Gasteiger partial charge on any atom is -0.392 e. The van der Waals surface area contributed by atoms with Crippen molar-refractivity contribution in [1.29, 1.82) is 0 Å². The molecular formula is C11H23NO2. The van der Waals surface area contributed by atoms with E-state index in [1.807, 2.05) is 0 Å². The minimum absolute atomic E-state index is 0.0244. The van der Waals surface area contributed by atoms with Crippen molar-refractivity contribution in [3.8, 4) is 0 Å². The summed E-state index contributed by atoms with van der Waals surface area (Å²) in [5, 5.41) is 12.6. The molecule has 0 spiro atoms. The Morgan fingerprint density at radius 1 is 1.50 bits per heavy atom. The highest BCUT2D eigenvalue weighted by Gasteiger charge is 2.57. The minimum atomic E-state index is -0.278. The number of aliphatic hydroxyl groups excluding tert-OH is 1. The van der Waals surface area contributed by atoms with Gasteiger partial charge in [0.05, 0.1) is 11.7 Å². The van der Waals surface area contributed by atoms with Crippen molar-refractivity contribution in [2.24, 2.45) is 5.41 Å². The van der Waals surface area contributed by atoms with E-state index in [-0.39, 0.29) is 17.1 Å². The van der Waals surface area contributed by atoms with Gasteiger partial charge < -0.3 is 15.2 Å². The van der Waals surface area contributed by atoms with Gasteiger partial charge in [0.2, 0.25) is 0 Å². The van der Waals surface area contributed by atoms with Gasteiger partial charge in [0.15, 0.2) is 0 Å². The lowest BCUT2D eigenvalue weighted by atomic mass is 9.56. The second-order valence-electron chi connectivity index (χ2n) is 5.17. The lowest BCUT2D eigenvalue weighted by molar-refractivity contribution is -0.181. The molecule has 0 bridgehead atoms. The molecule has 0 amide bonds. The third-order valence-corrected chi connectivity index (χ3v) is 3.94. The van der Waals surface area contributed by atoms with E-state index in [0.29, 0.717) is 12.6 Å². The van der Waals surface area contributed by atoms with Gasteiger partial charge in [-0.05, 0) is 20.3 Å². The van der Waals surface area contributed by atoms with Crippen LogP contribution in [0.25, 0.3) is 0 Å². The summed E-state index contributed by atoms with van der Waals surface area (Å²) >= 11 is 0. The zero-order valence-corrected chi connectivity index (χ0v) is 9.92. The van der Waals surface area contributed by atoms with E-state index in [2.05, 4.69) is 26.1 Å². The van der Waals surface area contributed by atoms with Crippen LogP contribution < -0.4 is 5.32 Å². The van der Waals surface area contributed by atoms with Gasteiger partial charge in [-0.15, -0.1) is 0 Å². The molecule has 0 aromatic heterocycles. The number of ether oxygens (including phenoxy) is 1. The Labute approximate surface area is 86.8 Å². The van der Waals surface area contributed by atoms with Gasteiger partial charge in [-0.2, -0.15) is 0 Å². The van der Waals surface area contributed by atoms with Gasteiger partial charge in [0.25, 0.3) is 0 Å². The summed E-state index contributed by atoms with van der Waals surface area (Å²) in [6.45, 7) is 9.02. The maximum absolute atomic E-state index is 9.18. The van der Waals surface area contributed by atoms with Gasteiger partial charge >= 0.3 is 0 Å². The Bertz CT molecular complexity index is 203. The van der Waals surface area contributed by atoms with Crippen LogP contribution >= 0.6 is 0 Å². The highest BCUT2D eigenvalue weighted by Crippen LogP contribution is 2.51. The Kier molecular flexibility index (Phi) is 3.24. The molecule has 84 valence electrons. The number of nitrogens with one attached hydrogen (secondary N) is 1. The molecule has 1 aliphatic carbocycles. The van der Waals surface area contributed by atoms with Crippen LogP contribution in [0.3, 0.4) is 0 Å². The normalized spacial score (nSPS) is 37.7. The average molecular weight is 201 g/mol. The first-order chi connectivity index (χ1) is 6.33. The van der Waals surface area contributed by atoms with Gasteiger partial charge in [0, 0.05) is 25.1 Å². The molecule has 3 atom stereocenters. The molecule has 14 heavy (non-hydrogen) atoms. The van der Waals surface area contributed by atoms with E-state index in [1.165, 1.54) is 0 Å². The molecule has 3 heteroatoms. The number of hydrogen-bond donors (Lipinski definition) is 2. The van der Waals surface area contributed by atoms with Crippen molar-refractivity contribution in [1.82, 2.24) is 5.32 Å². The SMILES string of the molecule is COC1(C)CC(NC[C@H](C)O)C1(C)C. The van der Waals surface area contributed by atoms with Crippen LogP contribution in [0.5, 0.6) is 0 Å². The van der Waals surface area contributed by atoms with E-state index >= 15 is 0 Å². The molecule has 0 aromatic rings. The highest BCUT2D eigenvalue weighted by atomic mass is 16.5. The average Bonchev–Trinajstić information content (AvgIpc) is 2.11. The largest absolute Gasteiger partial charge is 0.392 e. The third kappa shape index (κ3) is 1.81. The molecule has 3 nitrogen and oxygen atoms in total. The van der Waals surface area contributed by atoms with Crippen LogP contribution in [0.15, 0.2) is 0 Å². The summed E-state index contributed by atoms with van der Waals surface area (Å²) in [5.74, 6) is 0. The van der Waals surface area contributed by atoms with Crippen LogP contribution in [0.4, 0.5) is 0 Å². The summed E-state index contributed by atoms with van der Waals surface area (Å²) in [6.07, 6.45) is 0.739. The zero-order valence-electron chi connectivity index (χ0n) is 9.92. The first-order valence-electron chi connectivity index (χ1n) is 5.30. The molecule has 0 aliphatic heterocycles. The molecule has 0 heterocycles. The predicted octanol–water partition coefficient (Wildman–Crippen LogP) is 1.16. The molecule has 0 saturated heterocycles. The fourth-order valence-electron chi connectivity index (χ4n) is 2.13. The topological polar surface area (TPSA) is 41.5 Å². The van der Waals surface area contributed by atoms with Crippen molar-refractivity contribution < 1.29 is 9.84 Å².